The molecule has 1 aromatic carbocycles. The van der Waals surface area contributed by atoms with E-state index >= 15 is 0 Å². The Bertz CT molecular complexity index is 916. The third-order valence-electron chi connectivity index (χ3n) is 5.15. The number of aryl methyl sites for hydroxylation is 2. The molecule has 0 unspecified atom stereocenters. The summed E-state index contributed by atoms with van der Waals surface area (Å²) < 4.78 is 7.27. The van der Waals surface area contributed by atoms with Crippen LogP contribution in [0.25, 0.3) is 16.7 Å². The van der Waals surface area contributed by atoms with Crippen molar-refractivity contribution < 1.29 is 4.74 Å². The van der Waals surface area contributed by atoms with Gasteiger partial charge in [0.25, 0.3) is 0 Å². The second-order valence-corrected chi connectivity index (χ2v) is 7.02. The molecule has 1 aliphatic rings. The molecule has 142 valence electrons. The first kappa shape index (κ1) is 17.9. The van der Waals surface area contributed by atoms with E-state index < -0.39 is 0 Å². The first-order valence-electron chi connectivity index (χ1n) is 9.53. The van der Waals surface area contributed by atoms with E-state index in [1.54, 1.807) is 6.33 Å². The van der Waals surface area contributed by atoms with Crippen molar-refractivity contribution in [1.82, 2.24) is 24.6 Å². The molecule has 0 radical (unpaired) electrons. The number of rotatable bonds is 6. The highest BCUT2D eigenvalue weighted by Crippen LogP contribution is 2.22. The third-order valence-corrected chi connectivity index (χ3v) is 5.15. The quantitative estimate of drug-likeness (QED) is 0.676. The van der Waals surface area contributed by atoms with Crippen LogP contribution in [0.4, 0.5) is 5.82 Å². The minimum atomic E-state index is 0.823. The van der Waals surface area contributed by atoms with E-state index in [1.807, 2.05) is 10.9 Å². The van der Waals surface area contributed by atoms with E-state index in [1.165, 1.54) is 11.1 Å². The van der Waals surface area contributed by atoms with Crippen molar-refractivity contribution in [3.8, 4) is 5.69 Å². The lowest BCUT2D eigenvalue weighted by molar-refractivity contribution is 0.0378. The first-order chi connectivity index (χ1) is 13.2. The van der Waals surface area contributed by atoms with Gasteiger partial charge in [-0.3, -0.25) is 4.90 Å². The SMILES string of the molecule is Cc1ccc(-n2ncc3c(NCCCN4CCOCC4)ncnc32)cc1C. The van der Waals surface area contributed by atoms with Crippen LogP contribution >= 0.6 is 0 Å². The molecule has 1 N–H and O–H groups in total. The molecule has 1 fully saturated rings. The molecule has 7 heteroatoms. The molecule has 0 amide bonds. The van der Waals surface area contributed by atoms with Gasteiger partial charge in [0.05, 0.1) is 30.5 Å². The van der Waals surface area contributed by atoms with Gasteiger partial charge in [-0.15, -0.1) is 0 Å². The topological polar surface area (TPSA) is 68.1 Å². The van der Waals surface area contributed by atoms with E-state index in [0.717, 1.165) is 68.4 Å². The Hall–Kier alpha value is -2.51. The molecule has 7 nitrogen and oxygen atoms in total. The molecule has 0 saturated carbocycles. The molecular formula is C20H26N6O. The fraction of sp³-hybridized carbons (Fsp3) is 0.450. The van der Waals surface area contributed by atoms with Gasteiger partial charge in [0.1, 0.15) is 12.1 Å². The van der Waals surface area contributed by atoms with Crippen molar-refractivity contribution >= 4 is 16.9 Å². The van der Waals surface area contributed by atoms with Gasteiger partial charge in [0.2, 0.25) is 0 Å². The number of benzene rings is 1. The molecule has 1 aliphatic heterocycles. The van der Waals surface area contributed by atoms with Crippen molar-refractivity contribution in [2.75, 3.05) is 44.7 Å². The number of fused-ring (bicyclic) bond motifs is 1. The van der Waals surface area contributed by atoms with Crippen LogP contribution in [-0.4, -0.2) is 64.0 Å². The number of nitrogens with one attached hydrogen (secondary N) is 1. The summed E-state index contributed by atoms with van der Waals surface area (Å²) in [5.41, 5.74) is 4.35. The fourth-order valence-electron chi connectivity index (χ4n) is 3.37. The summed E-state index contributed by atoms with van der Waals surface area (Å²) in [6, 6.07) is 6.33. The Morgan fingerprint density at radius 1 is 1.11 bits per heavy atom. The van der Waals surface area contributed by atoms with Crippen LogP contribution in [0, 0.1) is 13.8 Å². The molecule has 1 saturated heterocycles. The first-order valence-corrected chi connectivity index (χ1v) is 9.53. The number of aromatic nitrogens is 4. The van der Waals surface area contributed by atoms with Crippen molar-refractivity contribution in [2.24, 2.45) is 0 Å². The van der Waals surface area contributed by atoms with E-state index in [4.69, 9.17) is 4.74 Å². The number of morpholine rings is 1. The van der Waals surface area contributed by atoms with Crippen molar-refractivity contribution in [2.45, 2.75) is 20.3 Å². The van der Waals surface area contributed by atoms with Crippen molar-refractivity contribution in [3.05, 3.63) is 41.9 Å². The predicted molar refractivity (Wildman–Crippen MR) is 106 cm³/mol. The van der Waals surface area contributed by atoms with Gasteiger partial charge in [-0.2, -0.15) is 5.10 Å². The maximum Gasteiger partial charge on any atom is 0.168 e. The fourth-order valence-corrected chi connectivity index (χ4v) is 3.37. The van der Waals surface area contributed by atoms with Gasteiger partial charge >= 0.3 is 0 Å². The van der Waals surface area contributed by atoms with Crippen LogP contribution in [0.5, 0.6) is 0 Å². The highest BCUT2D eigenvalue weighted by Gasteiger charge is 2.12. The molecule has 3 heterocycles. The number of nitrogens with zero attached hydrogens (tertiary/aromatic N) is 5. The summed E-state index contributed by atoms with van der Waals surface area (Å²) in [5.74, 6) is 0.845. The number of hydrogen-bond acceptors (Lipinski definition) is 6. The summed E-state index contributed by atoms with van der Waals surface area (Å²) in [6.45, 7) is 9.92. The summed E-state index contributed by atoms with van der Waals surface area (Å²) in [5, 5.41) is 8.95. The van der Waals surface area contributed by atoms with Crippen LogP contribution < -0.4 is 5.32 Å². The summed E-state index contributed by atoms with van der Waals surface area (Å²) in [7, 11) is 0. The standard InChI is InChI=1S/C20H26N6O/c1-15-4-5-17(12-16(15)2)26-20-18(13-24-26)19(22-14-23-20)21-6-3-7-25-8-10-27-11-9-25/h4-5,12-14H,3,6-11H2,1-2H3,(H,21,22,23). The summed E-state index contributed by atoms with van der Waals surface area (Å²) in [6.07, 6.45) is 4.51. The summed E-state index contributed by atoms with van der Waals surface area (Å²) in [4.78, 5) is 11.3. The van der Waals surface area contributed by atoms with Gasteiger partial charge in [-0.25, -0.2) is 14.6 Å². The number of hydrogen-bond donors (Lipinski definition) is 1. The van der Waals surface area contributed by atoms with Crippen LogP contribution in [0.2, 0.25) is 0 Å². The van der Waals surface area contributed by atoms with E-state index in [0.29, 0.717) is 0 Å². The number of ether oxygens (including phenoxy) is 1. The van der Waals surface area contributed by atoms with Crippen LogP contribution in [0.3, 0.4) is 0 Å². The van der Waals surface area contributed by atoms with Gasteiger partial charge in [0.15, 0.2) is 5.65 Å². The van der Waals surface area contributed by atoms with E-state index in [-0.39, 0.29) is 0 Å². The van der Waals surface area contributed by atoms with Crippen LogP contribution in [-0.2, 0) is 4.74 Å². The zero-order valence-corrected chi connectivity index (χ0v) is 16.0. The highest BCUT2D eigenvalue weighted by molar-refractivity contribution is 5.87. The molecule has 0 aliphatic carbocycles. The molecule has 0 atom stereocenters. The highest BCUT2D eigenvalue weighted by atomic mass is 16.5. The second kappa shape index (κ2) is 8.02. The Labute approximate surface area is 159 Å². The molecule has 3 aromatic rings. The van der Waals surface area contributed by atoms with Gasteiger partial charge in [-0.1, -0.05) is 6.07 Å². The lowest BCUT2D eigenvalue weighted by Gasteiger charge is -2.26. The maximum atomic E-state index is 5.39. The lowest BCUT2D eigenvalue weighted by atomic mass is 10.1. The van der Waals surface area contributed by atoms with E-state index in [2.05, 4.69) is 57.3 Å². The lowest BCUT2D eigenvalue weighted by Crippen LogP contribution is -2.37. The Morgan fingerprint density at radius 3 is 2.78 bits per heavy atom. The van der Waals surface area contributed by atoms with Crippen LogP contribution in [0.15, 0.2) is 30.7 Å². The third kappa shape index (κ3) is 3.94. The minimum absolute atomic E-state index is 0.823. The molecule has 0 spiro atoms. The van der Waals surface area contributed by atoms with Gasteiger partial charge < -0.3 is 10.1 Å². The smallest absolute Gasteiger partial charge is 0.168 e. The molecule has 2 aromatic heterocycles. The average Bonchev–Trinajstić information content (AvgIpc) is 3.13. The largest absolute Gasteiger partial charge is 0.379 e. The predicted octanol–water partition coefficient (Wildman–Crippen LogP) is 2.57. The Balaban J connectivity index is 1.46. The second-order valence-electron chi connectivity index (χ2n) is 7.02. The van der Waals surface area contributed by atoms with E-state index in [9.17, 15) is 0 Å². The van der Waals surface area contributed by atoms with Crippen molar-refractivity contribution in [1.29, 1.82) is 0 Å². The Morgan fingerprint density at radius 2 is 1.96 bits per heavy atom. The Kier molecular flexibility index (Phi) is 5.31. The zero-order valence-electron chi connectivity index (χ0n) is 16.0. The summed E-state index contributed by atoms with van der Waals surface area (Å²) >= 11 is 0. The monoisotopic (exact) mass is 366 g/mol. The molecule has 27 heavy (non-hydrogen) atoms. The minimum Gasteiger partial charge on any atom is -0.379 e. The van der Waals surface area contributed by atoms with Crippen molar-refractivity contribution in [3.63, 3.8) is 0 Å². The molecule has 4 rings (SSSR count). The number of anilines is 1. The molecular weight excluding hydrogens is 340 g/mol. The normalized spacial score (nSPS) is 15.3. The maximum absolute atomic E-state index is 5.39. The zero-order chi connectivity index (χ0) is 18.6. The molecule has 0 bridgehead atoms. The van der Waals surface area contributed by atoms with Crippen LogP contribution in [0.1, 0.15) is 17.5 Å². The van der Waals surface area contributed by atoms with Gasteiger partial charge in [-0.05, 0) is 50.1 Å². The average molecular weight is 366 g/mol. The van der Waals surface area contributed by atoms with Gasteiger partial charge in [0, 0.05) is 19.6 Å².